The quantitative estimate of drug-likeness (QED) is 0.465. The Morgan fingerprint density at radius 1 is 1.42 bits per heavy atom. The molecule has 0 radical (unpaired) electrons. The fourth-order valence-corrected chi connectivity index (χ4v) is 2.23. The van der Waals surface area contributed by atoms with E-state index in [1.54, 1.807) is 12.2 Å². The highest BCUT2D eigenvalue weighted by Crippen LogP contribution is 2.41. The molecule has 0 aromatic carbocycles. The van der Waals surface area contributed by atoms with Gasteiger partial charge < -0.3 is 4.74 Å². The molecule has 0 unspecified atom stereocenters. The van der Waals surface area contributed by atoms with Crippen LogP contribution in [0.2, 0.25) is 0 Å². The molecule has 1 saturated heterocycles. The number of alkyl halides is 3. The summed E-state index contributed by atoms with van der Waals surface area (Å²) >= 11 is 17.3. The van der Waals surface area contributed by atoms with Crippen LogP contribution in [0.25, 0.3) is 0 Å². The van der Waals surface area contributed by atoms with E-state index in [9.17, 15) is 4.79 Å². The Bertz CT molecular complexity index is 261. The van der Waals surface area contributed by atoms with E-state index in [1.165, 1.54) is 0 Å². The van der Waals surface area contributed by atoms with Crippen molar-refractivity contribution in [3.05, 3.63) is 12.2 Å². The first kappa shape index (κ1) is 8.82. The summed E-state index contributed by atoms with van der Waals surface area (Å²) in [5.41, 5.74) is 0. The zero-order valence-electron chi connectivity index (χ0n) is 5.84. The number of carbonyl (C=O) groups excluding carboxylic acids is 1. The second-order valence-corrected chi connectivity index (χ2v) is 4.65. The molecular formula is C7H5Cl3O2. The van der Waals surface area contributed by atoms with Crippen LogP contribution in [0.1, 0.15) is 0 Å². The van der Waals surface area contributed by atoms with E-state index in [4.69, 9.17) is 39.5 Å². The Morgan fingerprint density at radius 2 is 2.08 bits per heavy atom. The number of fused-ring (bicyclic) bond motifs is 2. The lowest BCUT2D eigenvalue weighted by Gasteiger charge is -2.33. The molecule has 12 heavy (non-hydrogen) atoms. The number of hydrogen-bond donors (Lipinski definition) is 0. The van der Waals surface area contributed by atoms with Crippen molar-refractivity contribution < 1.29 is 9.53 Å². The van der Waals surface area contributed by atoms with Crippen LogP contribution in [0.3, 0.4) is 0 Å². The van der Waals surface area contributed by atoms with Gasteiger partial charge in [-0.3, -0.25) is 4.79 Å². The smallest absolute Gasteiger partial charge is 0.206 e. The van der Waals surface area contributed by atoms with Crippen LogP contribution in [0.4, 0.5) is 0 Å². The summed E-state index contributed by atoms with van der Waals surface area (Å²) in [5.74, 6) is -0.376. The highest BCUT2D eigenvalue weighted by atomic mass is 35.5. The van der Waals surface area contributed by atoms with Crippen molar-refractivity contribution in [3.63, 3.8) is 0 Å². The van der Waals surface area contributed by atoms with Crippen LogP contribution in [-0.4, -0.2) is 27.7 Å². The Kier molecular flexibility index (Phi) is 1.92. The van der Waals surface area contributed by atoms with Crippen molar-refractivity contribution in [2.45, 2.75) is 21.9 Å². The molecule has 0 saturated carbocycles. The number of halogens is 3. The van der Waals surface area contributed by atoms with Gasteiger partial charge in [0.1, 0.15) is 17.6 Å². The molecule has 0 aromatic heterocycles. The first-order valence-corrected chi connectivity index (χ1v) is 4.62. The van der Waals surface area contributed by atoms with Gasteiger partial charge in [0.05, 0.1) is 0 Å². The molecule has 0 aliphatic carbocycles. The largest absolute Gasteiger partial charge is 0.361 e. The maximum atomic E-state index is 11.4. The molecule has 2 bridgehead atoms. The molecule has 2 rings (SSSR count). The van der Waals surface area contributed by atoms with E-state index in [0.29, 0.717) is 0 Å². The molecule has 3 atom stereocenters. The molecule has 66 valence electrons. The molecule has 0 amide bonds. The predicted octanol–water partition coefficient (Wildman–Crippen LogP) is 1.67. The van der Waals surface area contributed by atoms with Gasteiger partial charge in [0, 0.05) is 0 Å². The zero-order valence-corrected chi connectivity index (χ0v) is 8.10. The van der Waals surface area contributed by atoms with E-state index in [1.807, 2.05) is 0 Å². The highest BCUT2D eigenvalue weighted by molar-refractivity contribution is 6.61. The van der Waals surface area contributed by atoms with Gasteiger partial charge in [0.25, 0.3) is 0 Å². The third-order valence-corrected chi connectivity index (χ3v) is 3.25. The van der Waals surface area contributed by atoms with Crippen LogP contribution in [0.5, 0.6) is 0 Å². The molecule has 1 fully saturated rings. The summed E-state index contributed by atoms with van der Waals surface area (Å²) in [6, 6.07) is 0. The minimum atomic E-state index is -1.52. The first-order chi connectivity index (χ1) is 5.53. The number of ketones is 1. The van der Waals surface area contributed by atoms with Crippen molar-refractivity contribution in [1.82, 2.24) is 0 Å². The van der Waals surface area contributed by atoms with Crippen molar-refractivity contribution in [2.24, 2.45) is 0 Å². The van der Waals surface area contributed by atoms with Gasteiger partial charge in [0.15, 0.2) is 5.78 Å². The Hall–Kier alpha value is 0.240. The highest BCUT2D eigenvalue weighted by Gasteiger charge is 2.54. The topological polar surface area (TPSA) is 26.3 Å². The van der Waals surface area contributed by atoms with Crippen LogP contribution in [0.15, 0.2) is 12.2 Å². The van der Waals surface area contributed by atoms with Crippen LogP contribution in [-0.2, 0) is 9.53 Å². The lowest BCUT2D eigenvalue weighted by atomic mass is 10.1. The molecule has 2 aliphatic rings. The van der Waals surface area contributed by atoms with E-state index < -0.39 is 15.8 Å². The van der Waals surface area contributed by atoms with Crippen LogP contribution < -0.4 is 0 Å². The fraction of sp³-hybridized carbons (Fsp3) is 0.571. The summed E-state index contributed by atoms with van der Waals surface area (Å²) in [6.07, 6.45) is 2.47. The first-order valence-electron chi connectivity index (χ1n) is 3.43. The van der Waals surface area contributed by atoms with E-state index in [0.717, 1.165) is 0 Å². The van der Waals surface area contributed by atoms with E-state index >= 15 is 0 Å². The minimum Gasteiger partial charge on any atom is -0.361 e. The Labute approximate surface area is 84.4 Å². The van der Waals surface area contributed by atoms with Crippen LogP contribution >= 0.6 is 34.8 Å². The number of carbonyl (C=O) groups is 1. The molecule has 2 aliphatic heterocycles. The molecule has 0 N–H and O–H groups in total. The summed E-state index contributed by atoms with van der Waals surface area (Å²) in [7, 11) is 0. The van der Waals surface area contributed by atoms with Gasteiger partial charge in [-0.25, -0.2) is 0 Å². The van der Waals surface area contributed by atoms with E-state index in [-0.39, 0.29) is 11.9 Å². The Morgan fingerprint density at radius 3 is 2.75 bits per heavy atom. The lowest BCUT2D eigenvalue weighted by molar-refractivity contribution is -0.129. The monoisotopic (exact) mass is 226 g/mol. The molecule has 0 spiro atoms. The second kappa shape index (κ2) is 2.61. The number of ether oxygens (including phenoxy) is 1. The van der Waals surface area contributed by atoms with Crippen molar-refractivity contribution in [1.29, 1.82) is 0 Å². The average Bonchev–Trinajstić information content (AvgIpc) is 2.46. The molecule has 5 heteroatoms. The maximum absolute atomic E-state index is 11.4. The van der Waals surface area contributed by atoms with Crippen molar-refractivity contribution >= 4 is 40.6 Å². The summed E-state index contributed by atoms with van der Waals surface area (Å²) in [6.45, 7) is 0. The molecule has 0 aromatic rings. The zero-order chi connectivity index (χ0) is 8.93. The van der Waals surface area contributed by atoms with Gasteiger partial charge in [-0.2, -0.15) is 0 Å². The minimum absolute atomic E-state index is 0.366. The third-order valence-electron chi connectivity index (χ3n) is 2.00. The average molecular weight is 227 g/mol. The number of hydrogen-bond acceptors (Lipinski definition) is 2. The lowest BCUT2D eigenvalue weighted by Crippen LogP contribution is -2.51. The van der Waals surface area contributed by atoms with Crippen molar-refractivity contribution in [2.75, 3.05) is 0 Å². The molecule has 2 heterocycles. The molecular weight excluding hydrogens is 222 g/mol. The summed E-state index contributed by atoms with van der Waals surface area (Å²) in [4.78, 5) is 11.4. The van der Waals surface area contributed by atoms with Crippen LogP contribution in [0, 0.1) is 0 Å². The van der Waals surface area contributed by atoms with Crippen molar-refractivity contribution in [3.8, 4) is 0 Å². The predicted molar refractivity (Wildman–Crippen MR) is 46.9 cm³/mol. The Balaban J connectivity index is 2.38. The normalized spacial score (nSPS) is 43.6. The molecule has 2 nitrogen and oxygen atoms in total. The second-order valence-electron chi connectivity index (χ2n) is 2.80. The van der Waals surface area contributed by atoms with Gasteiger partial charge in [-0.15, -0.1) is 11.6 Å². The van der Waals surface area contributed by atoms with Gasteiger partial charge >= 0.3 is 0 Å². The number of rotatable bonds is 0. The summed E-state index contributed by atoms with van der Waals surface area (Å²) < 4.78 is 3.75. The van der Waals surface area contributed by atoms with Gasteiger partial charge in [-0.05, 0) is 0 Å². The maximum Gasteiger partial charge on any atom is 0.206 e. The SMILES string of the molecule is O=C1[C@H](Cl)[C@@H]2C=C[C@@H](O2)C1(Cl)Cl. The third kappa shape index (κ3) is 1.02. The van der Waals surface area contributed by atoms with Gasteiger partial charge in [-0.1, -0.05) is 35.4 Å². The van der Waals surface area contributed by atoms with Gasteiger partial charge in [0.2, 0.25) is 4.33 Å². The number of Topliss-reactive ketones (excluding diaryl/α,β-unsaturated/α-hetero) is 1. The summed E-state index contributed by atoms with van der Waals surface area (Å²) in [5, 5.41) is -0.769. The van der Waals surface area contributed by atoms with E-state index in [2.05, 4.69) is 0 Å². The standard InChI is InChI=1S/C7H5Cl3O2/c8-5-3-1-2-4(12-3)7(9,10)6(5)11/h1-5H/t3-,4+,5+/m0/s1. The fourth-order valence-electron chi connectivity index (χ4n) is 1.32.